The van der Waals surface area contributed by atoms with Crippen molar-refractivity contribution < 1.29 is 4.79 Å². The van der Waals surface area contributed by atoms with E-state index in [0.29, 0.717) is 0 Å². The Morgan fingerprint density at radius 2 is 2.14 bits per heavy atom. The van der Waals surface area contributed by atoms with Gasteiger partial charge in [0, 0.05) is 5.56 Å². The average molecular weight is 298 g/mol. The number of carbonyl (C=O) groups is 1. The molecular formula is C17H22N4O. The number of nitrogens with one attached hydrogen (secondary N) is 1. The molecule has 0 saturated heterocycles. The Kier molecular flexibility index (Phi) is 3.74. The second-order valence-electron chi connectivity index (χ2n) is 6.66. The Morgan fingerprint density at radius 1 is 1.41 bits per heavy atom. The van der Waals surface area contributed by atoms with Gasteiger partial charge in [-0.25, -0.2) is 4.68 Å². The van der Waals surface area contributed by atoms with Gasteiger partial charge in [-0.1, -0.05) is 32.0 Å². The van der Waals surface area contributed by atoms with Gasteiger partial charge in [-0.3, -0.25) is 4.79 Å². The second kappa shape index (κ2) is 5.57. The minimum atomic E-state index is -0.124. The third-order valence-electron chi connectivity index (χ3n) is 4.20. The van der Waals surface area contributed by atoms with Crippen LogP contribution in [0.15, 0.2) is 36.5 Å². The van der Waals surface area contributed by atoms with Crippen LogP contribution in [0, 0.1) is 5.41 Å². The van der Waals surface area contributed by atoms with Crippen LogP contribution < -0.4 is 11.1 Å². The summed E-state index contributed by atoms with van der Waals surface area (Å²) in [6.45, 7) is 4.46. The van der Waals surface area contributed by atoms with Crippen LogP contribution in [0.2, 0.25) is 0 Å². The number of para-hydroxylation sites is 1. The van der Waals surface area contributed by atoms with Crippen molar-refractivity contribution in [1.82, 2.24) is 15.1 Å². The smallest absolute Gasteiger partial charge is 0.234 e. The maximum atomic E-state index is 11.7. The average Bonchev–Trinajstić information content (AvgIpc) is 2.90. The van der Waals surface area contributed by atoms with Crippen LogP contribution in [0.1, 0.15) is 37.6 Å². The molecule has 0 bridgehead atoms. The molecule has 3 rings (SSSR count). The molecule has 116 valence electrons. The van der Waals surface area contributed by atoms with E-state index in [9.17, 15) is 4.79 Å². The Bertz CT molecular complexity index is 675. The molecule has 0 unspecified atom stereocenters. The molecular weight excluding hydrogens is 276 g/mol. The lowest BCUT2D eigenvalue weighted by Gasteiger charge is -2.35. The third kappa shape index (κ3) is 2.76. The van der Waals surface area contributed by atoms with Crippen molar-refractivity contribution in [3.05, 3.63) is 47.8 Å². The van der Waals surface area contributed by atoms with Gasteiger partial charge >= 0.3 is 0 Å². The molecule has 1 amide bonds. The van der Waals surface area contributed by atoms with Crippen molar-refractivity contribution in [2.24, 2.45) is 11.1 Å². The Morgan fingerprint density at radius 3 is 2.82 bits per heavy atom. The summed E-state index contributed by atoms with van der Waals surface area (Å²) in [4.78, 5) is 11.7. The fourth-order valence-corrected chi connectivity index (χ4v) is 3.22. The van der Waals surface area contributed by atoms with Crippen molar-refractivity contribution in [1.29, 1.82) is 0 Å². The van der Waals surface area contributed by atoms with Gasteiger partial charge in [0.2, 0.25) is 5.91 Å². The van der Waals surface area contributed by atoms with E-state index in [1.807, 2.05) is 41.2 Å². The largest absolute Gasteiger partial charge is 0.348 e. The summed E-state index contributed by atoms with van der Waals surface area (Å²) < 4.78 is 1.98. The van der Waals surface area contributed by atoms with E-state index >= 15 is 0 Å². The number of benzene rings is 1. The van der Waals surface area contributed by atoms with E-state index in [1.54, 1.807) is 0 Å². The lowest BCUT2D eigenvalue weighted by molar-refractivity contribution is -0.120. The number of hydrogen-bond donors (Lipinski definition) is 2. The van der Waals surface area contributed by atoms with Gasteiger partial charge in [0.05, 0.1) is 30.2 Å². The van der Waals surface area contributed by atoms with Crippen LogP contribution >= 0.6 is 0 Å². The summed E-state index contributed by atoms with van der Waals surface area (Å²) in [5.74, 6) is -0.124. The number of nitrogens with zero attached hydrogens (tertiary/aromatic N) is 2. The molecule has 1 aromatic heterocycles. The molecule has 22 heavy (non-hydrogen) atoms. The highest BCUT2D eigenvalue weighted by atomic mass is 16.1. The number of nitrogens with two attached hydrogens (primary N) is 1. The molecule has 0 aliphatic heterocycles. The van der Waals surface area contributed by atoms with Gasteiger partial charge < -0.3 is 11.1 Å². The van der Waals surface area contributed by atoms with E-state index in [2.05, 4.69) is 24.3 Å². The number of fused-ring (bicyclic) bond motifs is 1. The lowest BCUT2D eigenvalue weighted by atomic mass is 9.74. The second-order valence-corrected chi connectivity index (χ2v) is 6.66. The molecule has 5 nitrogen and oxygen atoms in total. The maximum Gasteiger partial charge on any atom is 0.234 e. The molecule has 0 fully saturated rings. The summed E-state index contributed by atoms with van der Waals surface area (Å²) in [5.41, 5.74) is 8.86. The van der Waals surface area contributed by atoms with Crippen LogP contribution in [0.25, 0.3) is 5.69 Å². The zero-order chi connectivity index (χ0) is 15.7. The molecule has 1 aliphatic carbocycles. The summed E-state index contributed by atoms with van der Waals surface area (Å²) in [7, 11) is 0. The van der Waals surface area contributed by atoms with Crippen molar-refractivity contribution >= 4 is 5.91 Å². The fourth-order valence-electron chi connectivity index (χ4n) is 3.22. The Labute approximate surface area is 130 Å². The minimum absolute atomic E-state index is 0.0130. The van der Waals surface area contributed by atoms with Crippen LogP contribution in [-0.4, -0.2) is 22.2 Å². The zero-order valence-corrected chi connectivity index (χ0v) is 13.0. The molecule has 3 N–H and O–H groups in total. The van der Waals surface area contributed by atoms with E-state index < -0.39 is 0 Å². The van der Waals surface area contributed by atoms with Crippen molar-refractivity contribution in [3.8, 4) is 5.69 Å². The molecule has 1 atom stereocenters. The Balaban J connectivity index is 2.01. The molecule has 0 saturated carbocycles. The number of rotatable bonds is 3. The number of hydrogen-bond acceptors (Lipinski definition) is 3. The fraction of sp³-hybridized carbons (Fsp3) is 0.412. The first kappa shape index (κ1) is 14.8. The van der Waals surface area contributed by atoms with Gasteiger partial charge in [0.1, 0.15) is 0 Å². The number of aromatic nitrogens is 2. The quantitative estimate of drug-likeness (QED) is 0.910. The van der Waals surface area contributed by atoms with Crippen LogP contribution in [0.3, 0.4) is 0 Å². The highest BCUT2D eigenvalue weighted by molar-refractivity contribution is 5.78. The highest BCUT2D eigenvalue weighted by Gasteiger charge is 2.35. The normalized spacial score (nSPS) is 19.5. The van der Waals surface area contributed by atoms with Gasteiger partial charge in [0.15, 0.2) is 0 Å². The van der Waals surface area contributed by atoms with E-state index in [1.165, 1.54) is 5.69 Å². The van der Waals surface area contributed by atoms with Crippen molar-refractivity contribution in [3.63, 3.8) is 0 Å². The van der Waals surface area contributed by atoms with Crippen LogP contribution in [-0.2, 0) is 11.2 Å². The molecule has 0 spiro atoms. The van der Waals surface area contributed by atoms with Crippen molar-refractivity contribution in [2.45, 2.75) is 32.7 Å². The van der Waals surface area contributed by atoms with E-state index in [-0.39, 0.29) is 23.9 Å². The molecule has 2 aromatic rings. The predicted molar refractivity (Wildman–Crippen MR) is 85.6 cm³/mol. The predicted octanol–water partition coefficient (Wildman–Crippen LogP) is 1.96. The van der Waals surface area contributed by atoms with Gasteiger partial charge in [-0.2, -0.15) is 5.10 Å². The molecule has 1 aromatic carbocycles. The summed E-state index contributed by atoms with van der Waals surface area (Å²) >= 11 is 0. The highest BCUT2D eigenvalue weighted by Crippen LogP contribution is 2.41. The topological polar surface area (TPSA) is 72.9 Å². The van der Waals surface area contributed by atoms with Gasteiger partial charge in [-0.15, -0.1) is 0 Å². The Hall–Kier alpha value is -2.14. The standard InChI is InChI=1S/C17H22N4O/c1-17(2)8-14(20-16(22)10-18)13-11-19-21(15(13)9-17)12-6-4-3-5-7-12/h3-7,11,14H,8-10,18H2,1-2H3,(H,20,22)/t14-/m0/s1. The molecule has 5 heteroatoms. The monoisotopic (exact) mass is 298 g/mol. The first-order valence-corrected chi connectivity index (χ1v) is 7.62. The first-order chi connectivity index (χ1) is 10.5. The molecule has 1 heterocycles. The molecule has 1 aliphatic rings. The zero-order valence-electron chi connectivity index (χ0n) is 13.0. The summed E-state index contributed by atoms with van der Waals surface area (Å²) in [6, 6.07) is 10.1. The third-order valence-corrected chi connectivity index (χ3v) is 4.20. The van der Waals surface area contributed by atoms with Gasteiger partial charge in [-0.05, 0) is 30.4 Å². The lowest BCUT2D eigenvalue weighted by Crippen LogP contribution is -2.39. The van der Waals surface area contributed by atoms with Crippen LogP contribution in [0.5, 0.6) is 0 Å². The number of amides is 1. The summed E-state index contributed by atoms with van der Waals surface area (Å²) in [5, 5.41) is 7.58. The van der Waals surface area contributed by atoms with E-state index in [0.717, 1.165) is 24.1 Å². The summed E-state index contributed by atoms with van der Waals surface area (Å²) in [6.07, 6.45) is 3.71. The number of carbonyl (C=O) groups excluding carboxylic acids is 1. The maximum absolute atomic E-state index is 11.7. The van der Waals surface area contributed by atoms with Crippen molar-refractivity contribution in [2.75, 3.05) is 6.54 Å². The van der Waals surface area contributed by atoms with Crippen LogP contribution in [0.4, 0.5) is 0 Å². The minimum Gasteiger partial charge on any atom is -0.348 e. The SMILES string of the molecule is CC1(C)Cc2c(cnn2-c2ccccc2)[C@@H](NC(=O)CN)C1. The first-order valence-electron chi connectivity index (χ1n) is 7.62. The van der Waals surface area contributed by atoms with Gasteiger partial charge in [0.25, 0.3) is 0 Å². The van der Waals surface area contributed by atoms with E-state index in [4.69, 9.17) is 5.73 Å². The molecule has 0 radical (unpaired) electrons.